The molecule has 0 bridgehead atoms. The second kappa shape index (κ2) is 6.66. The average Bonchev–Trinajstić information content (AvgIpc) is 1.69. The molecular weight excluding hydrogens is 126 g/mol. The third kappa shape index (κ3) is 6.66. The Morgan fingerprint density at radius 1 is 1.00 bits per heavy atom. The van der Waals surface area contributed by atoms with Crippen LogP contribution in [0, 0.1) is 0 Å². The molecule has 0 saturated heterocycles. The zero-order chi connectivity index (χ0) is 5.54. The van der Waals surface area contributed by atoms with Crippen LogP contribution >= 0.6 is 25.3 Å². The van der Waals surface area contributed by atoms with Crippen LogP contribution in [0.1, 0.15) is 0 Å². The summed E-state index contributed by atoms with van der Waals surface area (Å²) in [6.45, 7) is 2.23. The minimum absolute atomic E-state index is 0.966. The highest BCUT2D eigenvalue weighted by Crippen LogP contribution is 1.62. The van der Waals surface area contributed by atoms with Crippen molar-refractivity contribution < 1.29 is 5.32 Å². The Labute approximate surface area is 55.7 Å². The number of quaternary nitrogens is 1. The number of rotatable bonds is 4. The minimum atomic E-state index is 0.966. The van der Waals surface area contributed by atoms with E-state index in [0.717, 1.165) is 24.6 Å². The van der Waals surface area contributed by atoms with Gasteiger partial charge in [0.05, 0.1) is 13.1 Å². The summed E-state index contributed by atoms with van der Waals surface area (Å²) in [6.07, 6.45) is 0. The number of hydrogen-bond donors (Lipinski definition) is 3. The molecule has 0 amide bonds. The third-order valence-electron chi connectivity index (χ3n) is 0.666. The maximum absolute atomic E-state index is 4.04. The Bertz CT molecular complexity index is 28.9. The molecule has 0 saturated carbocycles. The van der Waals surface area contributed by atoms with Crippen LogP contribution in [-0.4, -0.2) is 24.6 Å². The van der Waals surface area contributed by atoms with Gasteiger partial charge in [-0.25, -0.2) is 0 Å². The first-order valence-electron chi connectivity index (χ1n) is 2.45. The zero-order valence-corrected chi connectivity index (χ0v) is 6.09. The molecule has 0 aliphatic heterocycles. The fraction of sp³-hybridized carbons (Fsp3) is 1.00. The van der Waals surface area contributed by atoms with Crippen molar-refractivity contribution in [3.8, 4) is 0 Å². The molecule has 0 aromatic heterocycles. The Morgan fingerprint density at radius 3 is 1.71 bits per heavy atom. The molecule has 0 aliphatic rings. The molecule has 0 aliphatic carbocycles. The third-order valence-corrected chi connectivity index (χ3v) is 1.18. The molecule has 0 unspecified atom stereocenters. The lowest BCUT2D eigenvalue weighted by Crippen LogP contribution is -2.85. The summed E-state index contributed by atoms with van der Waals surface area (Å²) >= 11 is 8.07. The van der Waals surface area contributed by atoms with Gasteiger partial charge in [-0.1, -0.05) is 0 Å². The molecule has 44 valence electrons. The van der Waals surface area contributed by atoms with Gasteiger partial charge in [0.15, 0.2) is 0 Å². The van der Waals surface area contributed by atoms with Crippen molar-refractivity contribution in [1.82, 2.24) is 0 Å². The predicted molar refractivity (Wildman–Crippen MR) is 39.4 cm³/mol. The highest BCUT2D eigenvalue weighted by molar-refractivity contribution is 7.80. The lowest BCUT2D eigenvalue weighted by Gasteiger charge is -1.91. The van der Waals surface area contributed by atoms with Crippen LogP contribution < -0.4 is 5.32 Å². The molecule has 1 nitrogen and oxygen atoms in total. The standard InChI is InChI=1S/C4H11NS2/c6-3-1-5-2-4-7/h5-7H,1-4H2/p+1. The smallest absolute Gasteiger partial charge is 0.0845 e. The van der Waals surface area contributed by atoms with Crippen molar-refractivity contribution in [2.24, 2.45) is 0 Å². The highest BCUT2D eigenvalue weighted by atomic mass is 32.1. The molecule has 0 heterocycles. The summed E-state index contributed by atoms with van der Waals surface area (Å²) in [5.41, 5.74) is 0. The Kier molecular flexibility index (Phi) is 7.29. The number of nitrogens with two attached hydrogens (primary N) is 1. The van der Waals surface area contributed by atoms with Gasteiger partial charge in [0.2, 0.25) is 0 Å². The van der Waals surface area contributed by atoms with Crippen LogP contribution in [0.5, 0.6) is 0 Å². The van der Waals surface area contributed by atoms with Crippen molar-refractivity contribution >= 4 is 25.3 Å². The van der Waals surface area contributed by atoms with Gasteiger partial charge in [-0.15, -0.1) is 0 Å². The van der Waals surface area contributed by atoms with E-state index in [1.165, 1.54) is 0 Å². The Balaban J connectivity index is 2.45. The molecular formula is C4H12NS2+. The molecule has 3 heteroatoms. The van der Waals surface area contributed by atoms with Crippen LogP contribution in [0.2, 0.25) is 0 Å². The summed E-state index contributed by atoms with van der Waals surface area (Å²) in [7, 11) is 0. The SMILES string of the molecule is SCC[NH2+]CCS. The van der Waals surface area contributed by atoms with Crippen molar-refractivity contribution in [2.45, 2.75) is 0 Å². The van der Waals surface area contributed by atoms with Gasteiger partial charge in [-0.2, -0.15) is 25.3 Å². The first-order valence-corrected chi connectivity index (χ1v) is 3.71. The summed E-state index contributed by atoms with van der Waals surface area (Å²) in [6, 6.07) is 0. The van der Waals surface area contributed by atoms with Gasteiger partial charge < -0.3 is 5.32 Å². The van der Waals surface area contributed by atoms with Crippen LogP contribution in [-0.2, 0) is 0 Å². The Morgan fingerprint density at radius 2 is 1.43 bits per heavy atom. The van der Waals surface area contributed by atoms with E-state index in [1.54, 1.807) is 0 Å². The first kappa shape index (κ1) is 7.66. The quantitative estimate of drug-likeness (QED) is 0.340. The molecule has 0 atom stereocenters. The lowest BCUT2D eigenvalue weighted by molar-refractivity contribution is -0.646. The van der Waals surface area contributed by atoms with Gasteiger partial charge in [-0.3, -0.25) is 0 Å². The van der Waals surface area contributed by atoms with Gasteiger partial charge in [-0.05, 0) is 0 Å². The maximum atomic E-state index is 4.04. The van der Waals surface area contributed by atoms with E-state index in [9.17, 15) is 0 Å². The molecule has 0 fully saturated rings. The normalized spacial score (nSPS) is 9.43. The van der Waals surface area contributed by atoms with E-state index in [0.29, 0.717) is 0 Å². The molecule has 7 heavy (non-hydrogen) atoms. The lowest BCUT2D eigenvalue weighted by atomic mass is 10.7. The van der Waals surface area contributed by atoms with Gasteiger partial charge in [0.25, 0.3) is 0 Å². The fourth-order valence-electron chi connectivity index (χ4n) is 0.327. The van der Waals surface area contributed by atoms with Crippen LogP contribution in [0.15, 0.2) is 0 Å². The van der Waals surface area contributed by atoms with E-state index >= 15 is 0 Å². The van der Waals surface area contributed by atoms with Gasteiger partial charge >= 0.3 is 0 Å². The van der Waals surface area contributed by atoms with E-state index < -0.39 is 0 Å². The van der Waals surface area contributed by atoms with Crippen molar-refractivity contribution in [3.05, 3.63) is 0 Å². The van der Waals surface area contributed by atoms with Gasteiger partial charge in [0, 0.05) is 11.5 Å². The van der Waals surface area contributed by atoms with Crippen LogP contribution in [0.3, 0.4) is 0 Å². The van der Waals surface area contributed by atoms with Crippen molar-refractivity contribution in [2.75, 3.05) is 24.6 Å². The summed E-state index contributed by atoms with van der Waals surface area (Å²) in [4.78, 5) is 0. The topological polar surface area (TPSA) is 16.6 Å². The van der Waals surface area contributed by atoms with Crippen LogP contribution in [0.25, 0.3) is 0 Å². The largest absolute Gasteiger partial charge is 0.345 e. The molecule has 0 aromatic carbocycles. The van der Waals surface area contributed by atoms with Gasteiger partial charge in [0.1, 0.15) is 0 Å². The van der Waals surface area contributed by atoms with E-state index in [2.05, 4.69) is 30.6 Å². The van der Waals surface area contributed by atoms with E-state index in [4.69, 9.17) is 0 Å². The maximum Gasteiger partial charge on any atom is 0.0845 e. The van der Waals surface area contributed by atoms with E-state index in [-0.39, 0.29) is 0 Å². The fourth-order valence-corrected chi connectivity index (χ4v) is 0.692. The average molecular weight is 138 g/mol. The van der Waals surface area contributed by atoms with E-state index in [1.807, 2.05) is 0 Å². The molecule has 0 rings (SSSR count). The predicted octanol–water partition coefficient (Wildman–Crippen LogP) is -0.591. The molecule has 2 N–H and O–H groups in total. The monoisotopic (exact) mass is 138 g/mol. The second-order valence-electron chi connectivity index (χ2n) is 1.31. The Hall–Kier alpha value is 0.660. The molecule has 0 spiro atoms. The molecule has 0 aromatic rings. The second-order valence-corrected chi connectivity index (χ2v) is 2.21. The number of hydrogen-bond acceptors (Lipinski definition) is 2. The zero-order valence-electron chi connectivity index (χ0n) is 4.30. The van der Waals surface area contributed by atoms with Crippen molar-refractivity contribution in [1.29, 1.82) is 0 Å². The van der Waals surface area contributed by atoms with Crippen LogP contribution in [0.4, 0.5) is 0 Å². The summed E-state index contributed by atoms with van der Waals surface area (Å²) in [5, 5.41) is 2.21. The minimum Gasteiger partial charge on any atom is -0.345 e. The number of thiol groups is 2. The van der Waals surface area contributed by atoms with Crippen molar-refractivity contribution in [3.63, 3.8) is 0 Å². The first-order chi connectivity index (χ1) is 3.41. The summed E-state index contributed by atoms with van der Waals surface area (Å²) < 4.78 is 0. The highest BCUT2D eigenvalue weighted by Gasteiger charge is 1.81. The molecule has 0 radical (unpaired) electrons. The summed E-state index contributed by atoms with van der Waals surface area (Å²) in [5.74, 6) is 1.93.